The fraction of sp³-hybridized carbons (Fsp3) is 0.278. The van der Waals surface area contributed by atoms with Gasteiger partial charge in [0.05, 0.1) is 5.56 Å². The number of carbonyl (C=O) groups is 1. The number of nitrogens with one attached hydrogen (secondary N) is 1. The zero-order valence-corrected chi connectivity index (χ0v) is 13.3. The van der Waals surface area contributed by atoms with E-state index >= 15 is 0 Å². The second-order valence-electron chi connectivity index (χ2n) is 5.37. The van der Waals surface area contributed by atoms with Crippen LogP contribution >= 0.6 is 11.8 Å². The molecule has 0 aromatic heterocycles. The maximum atomic E-state index is 12.3. The molecule has 0 heterocycles. The number of benzene rings is 2. The molecule has 2 rings (SSSR count). The van der Waals surface area contributed by atoms with Crippen molar-refractivity contribution in [2.45, 2.75) is 24.5 Å². The molecule has 0 unspecified atom stereocenters. The summed E-state index contributed by atoms with van der Waals surface area (Å²) in [4.78, 5) is 13.3. The third-order valence-corrected chi connectivity index (χ3v) is 4.18. The molecular formula is C18H21NOS. The summed E-state index contributed by atoms with van der Waals surface area (Å²) in [6.07, 6.45) is 0. The summed E-state index contributed by atoms with van der Waals surface area (Å²) in [5.41, 5.74) is 2.03. The maximum absolute atomic E-state index is 12.3. The molecule has 0 fully saturated rings. The number of carbonyl (C=O) groups excluding carboxylic acids is 1. The molecule has 1 N–H and O–H groups in total. The van der Waals surface area contributed by atoms with Gasteiger partial charge in [0.2, 0.25) is 0 Å². The van der Waals surface area contributed by atoms with Crippen molar-refractivity contribution in [1.82, 2.24) is 5.32 Å². The van der Waals surface area contributed by atoms with Gasteiger partial charge in [-0.05, 0) is 23.6 Å². The Morgan fingerprint density at radius 2 is 1.71 bits per heavy atom. The Kier molecular flexibility index (Phi) is 5.88. The molecule has 1 amide bonds. The molecule has 2 aromatic rings. The third kappa shape index (κ3) is 4.94. The molecular weight excluding hydrogens is 278 g/mol. The molecule has 0 saturated carbocycles. The van der Waals surface area contributed by atoms with Gasteiger partial charge in [-0.25, -0.2) is 0 Å². The molecule has 21 heavy (non-hydrogen) atoms. The molecule has 0 aliphatic heterocycles. The summed E-state index contributed by atoms with van der Waals surface area (Å²) in [5.74, 6) is 1.34. The van der Waals surface area contributed by atoms with E-state index in [2.05, 4.69) is 31.3 Å². The monoisotopic (exact) mass is 299 g/mol. The van der Waals surface area contributed by atoms with Gasteiger partial charge in [0.25, 0.3) is 5.91 Å². The van der Waals surface area contributed by atoms with Gasteiger partial charge < -0.3 is 5.32 Å². The molecule has 0 atom stereocenters. The Morgan fingerprint density at radius 3 is 2.43 bits per heavy atom. The average molecular weight is 299 g/mol. The summed E-state index contributed by atoms with van der Waals surface area (Å²) in [6.45, 7) is 4.89. The second kappa shape index (κ2) is 7.89. The molecule has 0 saturated heterocycles. The van der Waals surface area contributed by atoms with E-state index in [0.29, 0.717) is 12.5 Å². The molecule has 2 nitrogen and oxygen atoms in total. The van der Waals surface area contributed by atoms with E-state index in [1.165, 1.54) is 5.56 Å². The number of thioether (sulfide) groups is 1. The van der Waals surface area contributed by atoms with Gasteiger partial charge in [-0.3, -0.25) is 4.79 Å². The number of hydrogen-bond donors (Lipinski definition) is 1. The minimum atomic E-state index is 0.0138. The largest absolute Gasteiger partial charge is 0.352 e. The van der Waals surface area contributed by atoms with E-state index in [9.17, 15) is 4.79 Å². The maximum Gasteiger partial charge on any atom is 0.252 e. The van der Waals surface area contributed by atoms with E-state index in [0.717, 1.165) is 16.2 Å². The van der Waals surface area contributed by atoms with Crippen molar-refractivity contribution >= 4 is 17.7 Å². The predicted molar refractivity (Wildman–Crippen MR) is 89.6 cm³/mol. The van der Waals surface area contributed by atoms with Crippen molar-refractivity contribution < 1.29 is 4.79 Å². The zero-order chi connectivity index (χ0) is 15.1. The molecule has 0 bridgehead atoms. The second-order valence-corrected chi connectivity index (χ2v) is 6.39. The summed E-state index contributed by atoms with van der Waals surface area (Å²) < 4.78 is 0. The van der Waals surface area contributed by atoms with Crippen molar-refractivity contribution in [2.75, 3.05) is 6.54 Å². The highest BCUT2D eigenvalue weighted by Crippen LogP contribution is 2.26. The van der Waals surface area contributed by atoms with Gasteiger partial charge >= 0.3 is 0 Å². The lowest BCUT2D eigenvalue weighted by Gasteiger charge is -2.11. The molecule has 3 heteroatoms. The van der Waals surface area contributed by atoms with Crippen LogP contribution in [0.25, 0.3) is 0 Å². The minimum absolute atomic E-state index is 0.0138. The minimum Gasteiger partial charge on any atom is -0.352 e. The Bertz CT molecular complexity index is 581. The normalized spacial score (nSPS) is 10.6. The highest BCUT2D eigenvalue weighted by molar-refractivity contribution is 7.98. The van der Waals surface area contributed by atoms with Crippen molar-refractivity contribution in [3.63, 3.8) is 0 Å². The van der Waals surface area contributed by atoms with Crippen LogP contribution in [-0.4, -0.2) is 12.5 Å². The molecule has 0 spiro atoms. The Labute approximate surface area is 131 Å². The highest BCUT2D eigenvalue weighted by Gasteiger charge is 2.11. The van der Waals surface area contributed by atoms with Crippen LogP contribution in [0.5, 0.6) is 0 Å². The summed E-state index contributed by atoms with van der Waals surface area (Å²) >= 11 is 1.70. The predicted octanol–water partition coefficient (Wildman–Crippen LogP) is 4.36. The third-order valence-electron chi connectivity index (χ3n) is 3.04. The van der Waals surface area contributed by atoms with Crippen molar-refractivity contribution in [1.29, 1.82) is 0 Å². The van der Waals surface area contributed by atoms with E-state index in [4.69, 9.17) is 0 Å². The summed E-state index contributed by atoms with van der Waals surface area (Å²) in [7, 11) is 0. The lowest BCUT2D eigenvalue weighted by atomic mass is 10.2. The van der Waals surface area contributed by atoms with Gasteiger partial charge in [0.1, 0.15) is 0 Å². The van der Waals surface area contributed by atoms with E-state index in [1.54, 1.807) is 11.8 Å². The van der Waals surface area contributed by atoms with Gasteiger partial charge in [0.15, 0.2) is 0 Å². The van der Waals surface area contributed by atoms with Gasteiger partial charge in [-0.2, -0.15) is 0 Å². The van der Waals surface area contributed by atoms with E-state index in [1.807, 2.05) is 42.5 Å². The zero-order valence-electron chi connectivity index (χ0n) is 12.5. The first-order valence-electron chi connectivity index (χ1n) is 7.21. The highest BCUT2D eigenvalue weighted by atomic mass is 32.2. The quantitative estimate of drug-likeness (QED) is 0.803. The molecule has 110 valence electrons. The average Bonchev–Trinajstić information content (AvgIpc) is 2.52. The first-order valence-corrected chi connectivity index (χ1v) is 8.19. The summed E-state index contributed by atoms with van der Waals surface area (Å²) in [5, 5.41) is 2.98. The van der Waals surface area contributed by atoms with Crippen LogP contribution < -0.4 is 5.32 Å². The molecule has 0 radical (unpaired) electrons. The van der Waals surface area contributed by atoms with Crippen molar-refractivity contribution in [3.8, 4) is 0 Å². The Balaban J connectivity index is 2.04. The SMILES string of the molecule is CC(C)CNC(=O)c1ccccc1SCc1ccccc1. The van der Waals surface area contributed by atoms with Gasteiger partial charge in [-0.1, -0.05) is 56.3 Å². The number of hydrogen-bond acceptors (Lipinski definition) is 2. The van der Waals surface area contributed by atoms with E-state index < -0.39 is 0 Å². The van der Waals surface area contributed by atoms with Crippen molar-refractivity contribution in [2.24, 2.45) is 5.92 Å². The number of rotatable bonds is 6. The lowest BCUT2D eigenvalue weighted by Crippen LogP contribution is -2.27. The van der Waals surface area contributed by atoms with Crippen LogP contribution in [0.3, 0.4) is 0 Å². The first-order chi connectivity index (χ1) is 10.2. The first kappa shape index (κ1) is 15.6. The van der Waals surface area contributed by atoms with Gasteiger partial charge in [-0.15, -0.1) is 11.8 Å². The Morgan fingerprint density at radius 1 is 1.05 bits per heavy atom. The topological polar surface area (TPSA) is 29.1 Å². The van der Waals surface area contributed by atoms with Crippen molar-refractivity contribution in [3.05, 3.63) is 65.7 Å². The van der Waals surface area contributed by atoms with Gasteiger partial charge in [0, 0.05) is 17.2 Å². The van der Waals surface area contributed by atoms with Crippen LogP contribution in [0, 0.1) is 5.92 Å². The smallest absolute Gasteiger partial charge is 0.252 e. The van der Waals surface area contributed by atoms with E-state index in [-0.39, 0.29) is 5.91 Å². The van der Waals surface area contributed by atoms with Crippen LogP contribution in [0.4, 0.5) is 0 Å². The molecule has 0 aliphatic rings. The Hall–Kier alpha value is -1.74. The van der Waals surface area contributed by atoms with Crippen LogP contribution in [-0.2, 0) is 5.75 Å². The lowest BCUT2D eigenvalue weighted by molar-refractivity contribution is 0.0946. The molecule has 0 aliphatic carbocycles. The summed E-state index contributed by atoms with van der Waals surface area (Å²) in [6, 6.07) is 18.1. The fourth-order valence-electron chi connectivity index (χ4n) is 1.91. The fourth-order valence-corrected chi connectivity index (χ4v) is 2.91. The number of amides is 1. The standard InChI is InChI=1S/C18H21NOS/c1-14(2)12-19-18(20)16-10-6-7-11-17(16)21-13-15-8-4-3-5-9-15/h3-11,14H,12-13H2,1-2H3,(H,19,20). The van der Waals surface area contributed by atoms with Crippen LogP contribution in [0.1, 0.15) is 29.8 Å². The van der Waals surface area contributed by atoms with Crippen LogP contribution in [0.15, 0.2) is 59.5 Å². The molecule has 2 aromatic carbocycles. The van der Waals surface area contributed by atoms with Crippen LogP contribution in [0.2, 0.25) is 0 Å².